The van der Waals surface area contributed by atoms with Crippen LogP contribution in [0.1, 0.15) is 15.9 Å². The Morgan fingerprint density at radius 2 is 1.57 bits per heavy atom. The second-order valence-corrected chi connectivity index (χ2v) is 5.88. The molecule has 8 heteroatoms. The van der Waals surface area contributed by atoms with Crippen molar-refractivity contribution in [3.05, 3.63) is 71.8 Å². The number of hydrogen-bond donors (Lipinski definition) is 2. The van der Waals surface area contributed by atoms with Gasteiger partial charge >= 0.3 is 12.1 Å². The maximum atomic E-state index is 12.9. The lowest BCUT2D eigenvalue weighted by molar-refractivity contribution is -0.137. The number of amides is 1. The second-order valence-electron chi connectivity index (χ2n) is 5.88. The molecule has 5 nitrogen and oxygen atoms in total. The third kappa shape index (κ3) is 4.22. The van der Waals surface area contributed by atoms with E-state index in [1.54, 1.807) is 24.3 Å². The summed E-state index contributed by atoms with van der Waals surface area (Å²) in [5.74, 6) is -2.24. The van der Waals surface area contributed by atoms with Crippen molar-refractivity contribution in [1.29, 1.82) is 0 Å². The van der Waals surface area contributed by atoms with Crippen LogP contribution in [0.25, 0.3) is 10.8 Å². The van der Waals surface area contributed by atoms with E-state index in [2.05, 4.69) is 5.32 Å². The zero-order chi connectivity index (χ0) is 20.3. The molecule has 0 bridgehead atoms. The van der Waals surface area contributed by atoms with Gasteiger partial charge < -0.3 is 15.2 Å². The number of hydrogen-bond acceptors (Lipinski definition) is 4. The number of aromatic hydroxyl groups is 1. The van der Waals surface area contributed by atoms with Crippen LogP contribution >= 0.6 is 0 Å². The van der Waals surface area contributed by atoms with Gasteiger partial charge in [0.1, 0.15) is 11.3 Å². The molecule has 2 N–H and O–H groups in total. The number of carbonyl (C=O) groups excluding carboxylic acids is 2. The van der Waals surface area contributed by atoms with Gasteiger partial charge in [0.15, 0.2) is 6.61 Å². The van der Waals surface area contributed by atoms with Crippen LogP contribution in [-0.2, 0) is 15.7 Å². The van der Waals surface area contributed by atoms with Crippen molar-refractivity contribution in [2.24, 2.45) is 0 Å². The van der Waals surface area contributed by atoms with Gasteiger partial charge in [-0.25, -0.2) is 4.79 Å². The monoisotopic (exact) mass is 389 g/mol. The summed E-state index contributed by atoms with van der Waals surface area (Å²) >= 11 is 0. The summed E-state index contributed by atoms with van der Waals surface area (Å²) in [6.45, 7) is -0.808. The first-order chi connectivity index (χ1) is 13.3. The minimum absolute atomic E-state index is 0.151. The topological polar surface area (TPSA) is 75.6 Å². The van der Waals surface area contributed by atoms with Gasteiger partial charge in [0.25, 0.3) is 5.91 Å². The van der Waals surface area contributed by atoms with E-state index in [9.17, 15) is 27.9 Å². The van der Waals surface area contributed by atoms with E-state index >= 15 is 0 Å². The molecule has 0 aromatic heterocycles. The lowest BCUT2D eigenvalue weighted by Gasteiger charge is -2.13. The van der Waals surface area contributed by atoms with Gasteiger partial charge in [0.05, 0.1) is 11.3 Å². The average molecular weight is 389 g/mol. The molecule has 0 aliphatic rings. The smallest absolute Gasteiger partial charge is 0.418 e. The van der Waals surface area contributed by atoms with Crippen LogP contribution in [0.2, 0.25) is 0 Å². The molecule has 3 aromatic carbocycles. The van der Waals surface area contributed by atoms with Crippen molar-refractivity contribution < 1.29 is 32.6 Å². The number of halogens is 3. The SMILES string of the molecule is O=C(COC(=O)c1cc2ccccc2cc1O)Nc1ccccc1C(F)(F)F. The molecule has 144 valence electrons. The molecule has 0 fully saturated rings. The van der Waals surface area contributed by atoms with Crippen LogP contribution in [-0.4, -0.2) is 23.6 Å². The zero-order valence-electron chi connectivity index (χ0n) is 14.3. The second kappa shape index (κ2) is 7.59. The van der Waals surface area contributed by atoms with Gasteiger partial charge in [0.2, 0.25) is 0 Å². The standard InChI is InChI=1S/C20H14F3NO4/c21-20(22,23)15-7-3-4-8-16(15)24-18(26)11-28-19(27)14-9-12-5-1-2-6-13(12)10-17(14)25/h1-10,25H,11H2,(H,24,26). The fraction of sp³-hybridized carbons (Fsp3) is 0.100. The average Bonchev–Trinajstić information content (AvgIpc) is 2.65. The Hall–Kier alpha value is -3.55. The number of carbonyl (C=O) groups is 2. The number of nitrogens with one attached hydrogen (secondary N) is 1. The summed E-state index contributed by atoms with van der Waals surface area (Å²) in [6, 6.07) is 14.2. The first-order valence-electron chi connectivity index (χ1n) is 8.10. The van der Waals surface area contributed by atoms with Crippen molar-refractivity contribution in [1.82, 2.24) is 0 Å². The van der Waals surface area contributed by atoms with Crippen LogP contribution in [0.5, 0.6) is 5.75 Å². The summed E-state index contributed by atoms with van der Waals surface area (Å²) in [4.78, 5) is 24.1. The Balaban J connectivity index is 1.69. The van der Waals surface area contributed by atoms with E-state index in [1.165, 1.54) is 24.3 Å². The van der Waals surface area contributed by atoms with Gasteiger partial charge in [0, 0.05) is 0 Å². The van der Waals surface area contributed by atoms with Crippen LogP contribution in [0.4, 0.5) is 18.9 Å². The van der Waals surface area contributed by atoms with Crippen molar-refractivity contribution in [3.63, 3.8) is 0 Å². The van der Waals surface area contributed by atoms with Gasteiger partial charge in [-0.2, -0.15) is 13.2 Å². The van der Waals surface area contributed by atoms with Crippen LogP contribution in [0.15, 0.2) is 60.7 Å². The Morgan fingerprint density at radius 1 is 0.964 bits per heavy atom. The number of benzene rings is 3. The molecule has 3 aromatic rings. The Labute approximate surface area is 157 Å². The third-order valence-electron chi connectivity index (χ3n) is 3.92. The molecule has 3 rings (SSSR count). The molecule has 28 heavy (non-hydrogen) atoms. The molecule has 0 radical (unpaired) electrons. The van der Waals surface area contributed by atoms with E-state index in [0.717, 1.165) is 12.1 Å². The van der Waals surface area contributed by atoms with Crippen molar-refractivity contribution in [2.45, 2.75) is 6.18 Å². The van der Waals surface area contributed by atoms with E-state index in [-0.39, 0.29) is 11.3 Å². The number of esters is 1. The van der Waals surface area contributed by atoms with Crippen molar-refractivity contribution in [3.8, 4) is 5.75 Å². The molecule has 0 heterocycles. The normalized spacial score (nSPS) is 11.2. The molecule has 0 atom stereocenters. The van der Waals surface area contributed by atoms with Gasteiger partial charge in [-0.05, 0) is 35.0 Å². The number of phenolic OH excluding ortho intramolecular Hbond substituents is 1. The molecule has 0 unspecified atom stereocenters. The fourth-order valence-electron chi connectivity index (χ4n) is 2.63. The Kier molecular flexibility index (Phi) is 5.21. The highest BCUT2D eigenvalue weighted by molar-refractivity contribution is 6.00. The largest absolute Gasteiger partial charge is 0.507 e. The number of anilines is 1. The lowest BCUT2D eigenvalue weighted by Crippen LogP contribution is -2.22. The Morgan fingerprint density at radius 3 is 2.25 bits per heavy atom. The first kappa shape index (κ1) is 19.2. The molecule has 0 saturated heterocycles. The highest BCUT2D eigenvalue weighted by Gasteiger charge is 2.33. The molecule has 0 spiro atoms. The molecule has 0 aliphatic carbocycles. The van der Waals surface area contributed by atoms with Crippen LogP contribution in [0.3, 0.4) is 0 Å². The molecular weight excluding hydrogens is 375 g/mol. The molecule has 0 saturated carbocycles. The van der Waals surface area contributed by atoms with Gasteiger partial charge in [-0.15, -0.1) is 0 Å². The van der Waals surface area contributed by atoms with E-state index in [1.807, 2.05) is 0 Å². The maximum Gasteiger partial charge on any atom is 0.418 e. The lowest BCUT2D eigenvalue weighted by atomic mass is 10.1. The summed E-state index contributed by atoms with van der Waals surface area (Å²) in [5, 5.41) is 13.4. The third-order valence-corrected chi connectivity index (χ3v) is 3.92. The number of rotatable bonds is 4. The number of ether oxygens (including phenoxy) is 1. The number of phenols is 1. The number of para-hydroxylation sites is 1. The molecule has 0 aliphatic heterocycles. The minimum Gasteiger partial charge on any atom is -0.507 e. The zero-order valence-corrected chi connectivity index (χ0v) is 14.3. The van der Waals surface area contributed by atoms with Gasteiger partial charge in [-0.1, -0.05) is 36.4 Å². The molecular formula is C20H14F3NO4. The van der Waals surface area contributed by atoms with E-state index in [0.29, 0.717) is 10.8 Å². The summed E-state index contributed by atoms with van der Waals surface area (Å²) in [6.07, 6.45) is -4.64. The van der Waals surface area contributed by atoms with E-state index in [4.69, 9.17) is 4.74 Å². The summed E-state index contributed by atoms with van der Waals surface area (Å²) in [5.41, 5.74) is -1.60. The van der Waals surface area contributed by atoms with E-state index < -0.39 is 35.9 Å². The quantitative estimate of drug-likeness (QED) is 0.650. The number of alkyl halides is 3. The van der Waals surface area contributed by atoms with Crippen molar-refractivity contribution >= 4 is 28.3 Å². The highest BCUT2D eigenvalue weighted by atomic mass is 19.4. The van der Waals surface area contributed by atoms with Gasteiger partial charge in [-0.3, -0.25) is 4.79 Å². The summed E-state index contributed by atoms with van der Waals surface area (Å²) in [7, 11) is 0. The van der Waals surface area contributed by atoms with Crippen LogP contribution < -0.4 is 5.32 Å². The van der Waals surface area contributed by atoms with Crippen LogP contribution in [0, 0.1) is 0 Å². The number of fused-ring (bicyclic) bond motifs is 1. The maximum absolute atomic E-state index is 12.9. The highest BCUT2D eigenvalue weighted by Crippen LogP contribution is 2.34. The first-order valence-corrected chi connectivity index (χ1v) is 8.10. The fourth-order valence-corrected chi connectivity index (χ4v) is 2.63. The van der Waals surface area contributed by atoms with Crippen molar-refractivity contribution in [2.75, 3.05) is 11.9 Å². The Bertz CT molecular complexity index is 1050. The minimum atomic E-state index is -4.64. The summed E-state index contributed by atoms with van der Waals surface area (Å²) < 4.78 is 43.7. The molecule has 1 amide bonds. The predicted octanol–water partition coefficient (Wildman–Crippen LogP) is 4.36. The predicted molar refractivity (Wildman–Crippen MR) is 96.0 cm³/mol.